The lowest BCUT2D eigenvalue weighted by atomic mass is 10.1. The molecule has 0 spiro atoms. The number of nitrogens with zero attached hydrogens (tertiary/aromatic N) is 4. The number of carbonyl (C=O) groups excluding carboxylic acids is 1. The normalized spacial score (nSPS) is 11.5. The second-order valence-electron chi connectivity index (χ2n) is 8.15. The summed E-state index contributed by atoms with van der Waals surface area (Å²) in [5.74, 6) is 0.0111. The quantitative estimate of drug-likeness (QED) is 0.486. The van der Waals surface area contributed by atoms with Gasteiger partial charge in [0.05, 0.1) is 17.4 Å². The molecule has 9 heteroatoms. The fourth-order valence-corrected chi connectivity index (χ4v) is 3.84. The van der Waals surface area contributed by atoms with Crippen molar-refractivity contribution in [3.63, 3.8) is 0 Å². The van der Waals surface area contributed by atoms with Gasteiger partial charge in [-0.25, -0.2) is 13.9 Å². The van der Waals surface area contributed by atoms with Crippen LogP contribution < -0.4 is 16.6 Å². The molecular weight excluding hydrogens is 430 g/mol. The fourth-order valence-electron chi connectivity index (χ4n) is 3.67. The Morgan fingerprint density at radius 3 is 2.53 bits per heavy atom. The van der Waals surface area contributed by atoms with E-state index >= 15 is 0 Å². The number of fused-ring (bicyclic) bond motifs is 3. The van der Waals surface area contributed by atoms with Gasteiger partial charge in [0.1, 0.15) is 0 Å². The zero-order valence-electron chi connectivity index (χ0n) is 18.1. The average Bonchev–Trinajstić information content (AvgIpc) is 3.05. The molecule has 0 aliphatic carbocycles. The Bertz CT molecular complexity index is 1430. The number of hydrogen-bond acceptors (Lipinski definition) is 4. The lowest BCUT2D eigenvalue weighted by molar-refractivity contribution is -0.121. The minimum Gasteiger partial charge on any atom is -0.354 e. The summed E-state index contributed by atoms with van der Waals surface area (Å²) in [4.78, 5) is 38.7. The van der Waals surface area contributed by atoms with Gasteiger partial charge >= 0.3 is 5.69 Å². The highest BCUT2D eigenvalue weighted by molar-refractivity contribution is 6.31. The molecule has 0 aliphatic rings. The zero-order valence-corrected chi connectivity index (χ0v) is 18.9. The molecule has 0 saturated carbocycles. The highest BCUT2D eigenvalue weighted by Crippen LogP contribution is 2.17. The number of benzene rings is 2. The van der Waals surface area contributed by atoms with Crippen LogP contribution in [0.4, 0.5) is 0 Å². The summed E-state index contributed by atoms with van der Waals surface area (Å²) in [6, 6.07) is 12.6. The van der Waals surface area contributed by atoms with E-state index in [1.54, 1.807) is 12.1 Å². The van der Waals surface area contributed by atoms with Crippen LogP contribution >= 0.6 is 11.6 Å². The van der Waals surface area contributed by atoms with Crippen molar-refractivity contribution in [2.24, 2.45) is 0 Å². The Morgan fingerprint density at radius 2 is 1.84 bits per heavy atom. The third-order valence-corrected chi connectivity index (χ3v) is 5.44. The monoisotopic (exact) mass is 453 g/mol. The number of carbonyl (C=O) groups is 1. The molecule has 0 bridgehead atoms. The van der Waals surface area contributed by atoms with Crippen LogP contribution in [0.15, 0.2) is 52.1 Å². The Balaban J connectivity index is 1.87. The molecule has 2 aromatic carbocycles. The lowest BCUT2D eigenvalue weighted by Crippen LogP contribution is -2.32. The first kappa shape index (κ1) is 21.8. The maximum atomic E-state index is 13.3. The Labute approximate surface area is 189 Å². The summed E-state index contributed by atoms with van der Waals surface area (Å²) < 4.78 is 4.10. The van der Waals surface area contributed by atoms with Gasteiger partial charge in [-0.3, -0.25) is 14.2 Å². The molecule has 0 radical (unpaired) electrons. The first-order chi connectivity index (χ1) is 15.2. The largest absolute Gasteiger partial charge is 0.354 e. The van der Waals surface area contributed by atoms with Gasteiger partial charge in [-0.2, -0.15) is 0 Å². The number of hydrogen-bond donors (Lipinski definition) is 1. The number of halogens is 1. The van der Waals surface area contributed by atoms with E-state index < -0.39 is 0 Å². The van der Waals surface area contributed by atoms with Gasteiger partial charge in [0.25, 0.3) is 5.56 Å². The summed E-state index contributed by atoms with van der Waals surface area (Å²) in [6.45, 7) is 6.08. The maximum Gasteiger partial charge on any atom is 0.352 e. The van der Waals surface area contributed by atoms with E-state index in [0.29, 0.717) is 15.9 Å². The van der Waals surface area contributed by atoms with E-state index in [-0.39, 0.29) is 48.5 Å². The van der Waals surface area contributed by atoms with Crippen molar-refractivity contribution < 1.29 is 4.79 Å². The van der Waals surface area contributed by atoms with Crippen LogP contribution in [0.5, 0.6) is 0 Å². The Morgan fingerprint density at radius 1 is 1.12 bits per heavy atom. The van der Waals surface area contributed by atoms with Gasteiger partial charge in [-0.05, 0) is 44.5 Å². The minimum absolute atomic E-state index is 0.00834. The first-order valence-electron chi connectivity index (χ1n) is 10.4. The molecule has 1 N–H and O–H groups in total. The maximum absolute atomic E-state index is 13.3. The molecule has 1 amide bonds. The third-order valence-electron chi connectivity index (χ3n) is 5.20. The average molecular weight is 454 g/mol. The number of nitrogens with one attached hydrogen (secondary N) is 1. The summed E-state index contributed by atoms with van der Waals surface area (Å²) in [5.41, 5.74) is 1.75. The predicted octanol–water partition coefficient (Wildman–Crippen LogP) is 2.74. The molecule has 166 valence electrons. The number of aryl methyl sites for hydroxylation is 2. The van der Waals surface area contributed by atoms with E-state index in [4.69, 9.17) is 11.6 Å². The Hall–Kier alpha value is -3.39. The van der Waals surface area contributed by atoms with Crippen LogP contribution in [0.3, 0.4) is 0 Å². The SMILES string of the molecule is Cc1ccc(Cn2nc3n(CCC(=O)NC(C)C)c(=O)c4cc(Cl)ccc4n3c2=O)cc1. The van der Waals surface area contributed by atoms with E-state index in [2.05, 4.69) is 10.4 Å². The van der Waals surface area contributed by atoms with Crippen LogP contribution in [0.1, 0.15) is 31.4 Å². The Kier molecular flexibility index (Phi) is 5.88. The smallest absolute Gasteiger partial charge is 0.352 e. The molecule has 32 heavy (non-hydrogen) atoms. The van der Waals surface area contributed by atoms with Crippen molar-refractivity contribution in [2.45, 2.75) is 46.3 Å². The van der Waals surface area contributed by atoms with E-state index in [0.717, 1.165) is 11.1 Å². The summed E-state index contributed by atoms with van der Waals surface area (Å²) in [6.07, 6.45) is 0.0822. The summed E-state index contributed by atoms with van der Waals surface area (Å²) in [5, 5.41) is 7.96. The molecule has 4 rings (SSSR count). The molecule has 2 heterocycles. The molecule has 0 saturated heterocycles. The van der Waals surface area contributed by atoms with Crippen molar-refractivity contribution in [3.05, 3.63) is 79.5 Å². The fraction of sp³-hybridized carbons (Fsp3) is 0.304. The van der Waals surface area contributed by atoms with Gasteiger partial charge in [0.15, 0.2) is 0 Å². The van der Waals surface area contributed by atoms with Gasteiger partial charge in [-0.1, -0.05) is 41.4 Å². The second kappa shape index (κ2) is 8.63. The van der Waals surface area contributed by atoms with Crippen LogP contribution in [0.2, 0.25) is 5.02 Å². The van der Waals surface area contributed by atoms with Gasteiger partial charge in [0, 0.05) is 24.0 Å². The topological polar surface area (TPSA) is 90.4 Å². The zero-order chi connectivity index (χ0) is 23.0. The van der Waals surface area contributed by atoms with Gasteiger partial charge < -0.3 is 5.32 Å². The second-order valence-corrected chi connectivity index (χ2v) is 8.59. The van der Waals surface area contributed by atoms with Crippen LogP contribution in [-0.2, 0) is 17.9 Å². The summed E-state index contributed by atoms with van der Waals surface area (Å²) in [7, 11) is 0. The highest BCUT2D eigenvalue weighted by Gasteiger charge is 2.18. The molecule has 0 fully saturated rings. The summed E-state index contributed by atoms with van der Waals surface area (Å²) >= 11 is 6.12. The molecule has 0 aliphatic heterocycles. The molecular formula is C23H24ClN5O3. The molecule has 8 nitrogen and oxygen atoms in total. The van der Waals surface area contributed by atoms with Crippen LogP contribution in [-0.4, -0.2) is 30.7 Å². The van der Waals surface area contributed by atoms with Crippen molar-refractivity contribution in [1.82, 2.24) is 24.1 Å². The number of aromatic nitrogens is 4. The van der Waals surface area contributed by atoms with Crippen LogP contribution in [0, 0.1) is 6.92 Å². The van der Waals surface area contributed by atoms with Crippen molar-refractivity contribution in [3.8, 4) is 0 Å². The molecule has 0 unspecified atom stereocenters. The van der Waals surface area contributed by atoms with Crippen molar-refractivity contribution in [1.29, 1.82) is 0 Å². The minimum atomic E-state index is -0.367. The van der Waals surface area contributed by atoms with Crippen molar-refractivity contribution >= 4 is 34.2 Å². The lowest BCUT2D eigenvalue weighted by Gasteiger charge is -2.11. The molecule has 4 aromatic rings. The van der Waals surface area contributed by atoms with E-state index in [1.807, 2.05) is 45.0 Å². The van der Waals surface area contributed by atoms with Gasteiger partial charge in [-0.15, -0.1) is 5.10 Å². The van der Waals surface area contributed by atoms with Gasteiger partial charge in [0.2, 0.25) is 11.7 Å². The number of amides is 1. The highest BCUT2D eigenvalue weighted by atomic mass is 35.5. The van der Waals surface area contributed by atoms with E-state index in [1.165, 1.54) is 19.7 Å². The van der Waals surface area contributed by atoms with Crippen molar-refractivity contribution in [2.75, 3.05) is 0 Å². The van der Waals surface area contributed by atoms with E-state index in [9.17, 15) is 14.4 Å². The predicted molar refractivity (Wildman–Crippen MR) is 124 cm³/mol. The molecule has 2 aromatic heterocycles. The third kappa shape index (κ3) is 4.18. The van der Waals surface area contributed by atoms with Crippen LogP contribution in [0.25, 0.3) is 16.7 Å². The molecule has 0 atom stereocenters. The standard InChI is InChI=1S/C23H24ClN5O3/c1-14(2)25-20(30)10-11-27-21(31)18-12-17(24)8-9-19(18)29-22(27)26-28(23(29)32)13-16-6-4-15(3)5-7-16/h4-9,12,14H,10-11,13H2,1-3H3,(H,25,30). The first-order valence-corrected chi connectivity index (χ1v) is 10.8. The number of rotatable bonds is 6.